The summed E-state index contributed by atoms with van der Waals surface area (Å²) in [4.78, 5) is 16.0. The summed E-state index contributed by atoms with van der Waals surface area (Å²) >= 11 is 0. The van der Waals surface area contributed by atoms with Gasteiger partial charge in [0.05, 0.1) is 19.3 Å². The van der Waals surface area contributed by atoms with E-state index in [4.69, 9.17) is 39.1 Å². The number of aliphatic hydroxyl groups is 10. The van der Waals surface area contributed by atoms with E-state index in [2.05, 4.69) is 4.84 Å². The molecule has 21 heteroatoms. The predicted molar refractivity (Wildman–Crippen MR) is 134 cm³/mol. The average molecular weight is 662 g/mol. The van der Waals surface area contributed by atoms with Gasteiger partial charge in [0.1, 0.15) is 73.2 Å². The van der Waals surface area contributed by atoms with Crippen molar-refractivity contribution >= 4 is 5.97 Å². The molecule has 0 spiro atoms. The average Bonchev–Trinajstić information content (AvgIpc) is 3.00. The van der Waals surface area contributed by atoms with Crippen LogP contribution in [0.1, 0.15) is 6.92 Å². The summed E-state index contributed by atoms with van der Waals surface area (Å²) in [6.45, 7) is -0.263. The molecule has 0 aliphatic carbocycles. The summed E-state index contributed by atoms with van der Waals surface area (Å²) in [5.74, 6) is 2.86. The van der Waals surface area contributed by atoms with Gasteiger partial charge in [0.25, 0.3) is 0 Å². The molecule has 4 rings (SSSR count). The minimum Gasteiger partial charge on any atom is -0.475 e. The molecular formula is C24H39NO20. The fourth-order valence-electron chi connectivity index (χ4n) is 5.35. The third-order valence-corrected chi connectivity index (χ3v) is 7.85. The Morgan fingerprint density at radius 2 is 1.27 bits per heavy atom. The van der Waals surface area contributed by atoms with E-state index in [1.54, 1.807) is 0 Å². The van der Waals surface area contributed by atoms with Crippen LogP contribution in [0.5, 0.6) is 0 Å². The number of aliphatic carboxylic acids is 1. The standard InChI is InChI=1S/C24H39NO20/c1-5-16(11(30)13(32)22(38-5)44-19-10(29)8(3-26)39-21(37)15(19)34)42-23-14(33)12(31)18(9(4-27)41-23)43-24-17(45-25)6(28)2-7(40-24)20(35)36/h2,5-6,8-19,21-24,26-34,37H,3-4,25H2,1H3,(H,35,36)/t5-,6-,8+,9+,10+,11-,12+,13+,14+,15+,16-,17+,18+,19-,21+,22-,23-,24-/m0/s1. The summed E-state index contributed by atoms with van der Waals surface area (Å²) < 4.78 is 37.8. The second-order valence-corrected chi connectivity index (χ2v) is 10.8. The number of nitrogens with two attached hydrogens (primary N) is 1. The van der Waals surface area contributed by atoms with Crippen molar-refractivity contribution in [3.05, 3.63) is 11.8 Å². The highest BCUT2D eigenvalue weighted by molar-refractivity contribution is 5.84. The third-order valence-electron chi connectivity index (χ3n) is 7.85. The maximum absolute atomic E-state index is 11.4. The van der Waals surface area contributed by atoms with Gasteiger partial charge in [0.15, 0.2) is 25.0 Å². The number of hydrogen-bond donors (Lipinski definition) is 12. The normalized spacial score (nSPS) is 49.2. The molecule has 21 nitrogen and oxygen atoms in total. The molecule has 4 heterocycles. The monoisotopic (exact) mass is 661 g/mol. The summed E-state index contributed by atoms with van der Waals surface area (Å²) in [6.07, 6.45) is -29.4. The maximum Gasteiger partial charge on any atom is 0.371 e. The van der Waals surface area contributed by atoms with Crippen molar-refractivity contribution in [3.63, 3.8) is 0 Å². The van der Waals surface area contributed by atoms with Crippen molar-refractivity contribution in [2.45, 2.75) is 118 Å². The zero-order chi connectivity index (χ0) is 33.3. The zero-order valence-electron chi connectivity index (χ0n) is 23.6. The lowest BCUT2D eigenvalue weighted by Gasteiger charge is -2.48. The van der Waals surface area contributed by atoms with E-state index in [0.717, 1.165) is 6.08 Å². The minimum atomic E-state index is -1.96. The molecule has 260 valence electrons. The highest BCUT2D eigenvalue weighted by Gasteiger charge is 2.54. The molecule has 4 aliphatic rings. The summed E-state index contributed by atoms with van der Waals surface area (Å²) in [5.41, 5.74) is 0. The molecule has 18 atom stereocenters. The van der Waals surface area contributed by atoms with Gasteiger partial charge in [0.2, 0.25) is 12.0 Å². The summed E-state index contributed by atoms with van der Waals surface area (Å²) in [7, 11) is 0. The predicted octanol–water partition coefficient (Wildman–Crippen LogP) is -7.58. The van der Waals surface area contributed by atoms with Gasteiger partial charge in [-0.15, -0.1) is 0 Å². The molecule has 0 radical (unpaired) electrons. The SMILES string of the molecule is C[C@@H]1O[C@@H](O[C@@H]2[C@@H](O)[C@H](O)O[C@H](CO)[C@H]2O)[C@H](O)[C@H](O)[C@H]1O[C@@H]1O[C@H](CO)[C@@H](O[C@@H]2OC(C(=O)O)=C[C@H](O)[C@H]2ON)[C@H](O)[C@H]1O. The second-order valence-electron chi connectivity index (χ2n) is 10.8. The van der Waals surface area contributed by atoms with Crippen LogP contribution in [-0.2, 0) is 42.8 Å². The molecule has 0 bridgehead atoms. The van der Waals surface area contributed by atoms with Gasteiger partial charge in [-0.25, -0.2) is 10.7 Å². The first kappa shape index (κ1) is 36.1. The fraction of sp³-hybridized carbons (Fsp3) is 0.875. The van der Waals surface area contributed by atoms with Gasteiger partial charge in [-0.05, 0) is 13.0 Å². The van der Waals surface area contributed by atoms with Gasteiger partial charge in [-0.2, -0.15) is 0 Å². The van der Waals surface area contributed by atoms with Crippen molar-refractivity contribution in [2.75, 3.05) is 13.2 Å². The van der Waals surface area contributed by atoms with Gasteiger partial charge in [-0.1, -0.05) is 0 Å². The Bertz CT molecular complexity index is 1020. The van der Waals surface area contributed by atoms with Crippen LogP contribution in [0.3, 0.4) is 0 Å². The molecule has 0 aromatic rings. The number of ether oxygens (including phenoxy) is 7. The van der Waals surface area contributed by atoms with Gasteiger partial charge >= 0.3 is 5.97 Å². The van der Waals surface area contributed by atoms with Crippen molar-refractivity contribution < 1.29 is 99.0 Å². The van der Waals surface area contributed by atoms with Crippen molar-refractivity contribution in [2.24, 2.45) is 5.90 Å². The lowest BCUT2D eigenvalue weighted by Crippen LogP contribution is -2.66. The van der Waals surface area contributed by atoms with Crippen LogP contribution < -0.4 is 5.90 Å². The number of rotatable bonds is 10. The van der Waals surface area contributed by atoms with E-state index in [0.29, 0.717) is 0 Å². The Morgan fingerprint density at radius 3 is 1.84 bits per heavy atom. The summed E-state index contributed by atoms with van der Waals surface area (Å²) in [5, 5.41) is 112. The Kier molecular flexibility index (Phi) is 12.1. The molecular weight excluding hydrogens is 622 g/mol. The van der Waals surface area contributed by atoms with Gasteiger partial charge < -0.3 is 89.3 Å². The molecule has 0 aromatic heterocycles. The Hall–Kier alpha value is -1.71. The number of aliphatic hydroxyl groups excluding tert-OH is 10. The molecule has 13 N–H and O–H groups in total. The first-order valence-electron chi connectivity index (χ1n) is 13.8. The highest BCUT2D eigenvalue weighted by atomic mass is 16.8. The van der Waals surface area contributed by atoms with Crippen LogP contribution in [0.15, 0.2) is 11.8 Å². The Balaban J connectivity index is 1.42. The number of hydrogen-bond acceptors (Lipinski definition) is 20. The lowest BCUT2D eigenvalue weighted by molar-refractivity contribution is -0.380. The van der Waals surface area contributed by atoms with E-state index < -0.39 is 136 Å². The maximum atomic E-state index is 11.4. The van der Waals surface area contributed by atoms with E-state index in [-0.39, 0.29) is 0 Å². The smallest absolute Gasteiger partial charge is 0.371 e. The quantitative estimate of drug-likeness (QED) is 0.0967. The van der Waals surface area contributed by atoms with E-state index in [1.807, 2.05) is 0 Å². The van der Waals surface area contributed by atoms with E-state index in [1.165, 1.54) is 6.92 Å². The van der Waals surface area contributed by atoms with Crippen molar-refractivity contribution in [1.29, 1.82) is 0 Å². The Labute approximate surface area is 254 Å². The molecule has 0 amide bonds. The highest BCUT2D eigenvalue weighted by Crippen LogP contribution is 2.34. The molecule has 0 saturated carbocycles. The second kappa shape index (κ2) is 15.0. The van der Waals surface area contributed by atoms with E-state index in [9.17, 15) is 61.0 Å². The van der Waals surface area contributed by atoms with E-state index >= 15 is 0 Å². The number of carboxylic acid groups (broad SMARTS) is 1. The third kappa shape index (κ3) is 7.40. The summed E-state index contributed by atoms with van der Waals surface area (Å²) in [6, 6.07) is 0. The number of carboxylic acids is 1. The van der Waals surface area contributed by atoms with Gasteiger partial charge in [0, 0.05) is 0 Å². The topological polar surface area (TPSA) is 339 Å². The largest absolute Gasteiger partial charge is 0.475 e. The first-order chi connectivity index (χ1) is 21.2. The Morgan fingerprint density at radius 1 is 0.711 bits per heavy atom. The van der Waals surface area contributed by atoms with Crippen LogP contribution in [0, 0.1) is 0 Å². The van der Waals surface area contributed by atoms with Crippen molar-refractivity contribution in [1.82, 2.24) is 0 Å². The zero-order valence-corrected chi connectivity index (χ0v) is 23.6. The first-order valence-corrected chi connectivity index (χ1v) is 13.8. The molecule has 0 aromatic carbocycles. The lowest BCUT2D eigenvalue weighted by atomic mass is 9.96. The van der Waals surface area contributed by atoms with Crippen LogP contribution in [0.2, 0.25) is 0 Å². The van der Waals surface area contributed by atoms with Crippen LogP contribution >= 0.6 is 0 Å². The molecule has 3 saturated heterocycles. The van der Waals surface area contributed by atoms with Crippen LogP contribution in [0.4, 0.5) is 0 Å². The van der Waals surface area contributed by atoms with Crippen LogP contribution in [-0.4, -0.2) is 186 Å². The van der Waals surface area contributed by atoms with Crippen molar-refractivity contribution in [3.8, 4) is 0 Å². The molecule has 0 unspecified atom stereocenters. The van der Waals surface area contributed by atoms with Crippen LogP contribution in [0.25, 0.3) is 0 Å². The molecule has 4 aliphatic heterocycles. The molecule has 45 heavy (non-hydrogen) atoms. The minimum absolute atomic E-state index is 0.735. The molecule has 3 fully saturated rings. The fourth-order valence-corrected chi connectivity index (χ4v) is 5.35. The number of carbonyl (C=O) groups is 1. The van der Waals surface area contributed by atoms with Gasteiger partial charge in [-0.3, -0.25) is 4.84 Å².